The SMILES string of the molecule is CC/C=C\C/C=C\C/C=C\C/C=C\C/C=C\C/C=C\C/C=C\C/C=C\CCCCCCCCCCCCCCC(=O)NC(COP(=O)(O)OCC[N+](C)(C)C)C(O)/C=C/CCCCCCCCCCCCCCCCCCCCCCCCCCC. The summed E-state index contributed by atoms with van der Waals surface area (Å²) in [6.45, 7) is 4.73. The molecule has 0 aliphatic rings. The van der Waals surface area contributed by atoms with Gasteiger partial charge in [0.15, 0.2) is 0 Å². The van der Waals surface area contributed by atoms with Crippen molar-refractivity contribution in [3.63, 3.8) is 0 Å². The predicted octanol–water partition coefficient (Wildman–Crippen LogP) is 23.4. The van der Waals surface area contributed by atoms with E-state index < -0.39 is 20.0 Å². The fraction of sp³-hybridized carbons (Fsp3) is 0.753. The predicted molar refractivity (Wildman–Crippen MR) is 378 cm³/mol. The molecule has 1 amide bonds. The lowest BCUT2D eigenvalue weighted by atomic mass is 10.0. The van der Waals surface area contributed by atoms with Crippen molar-refractivity contribution in [3.8, 4) is 0 Å². The molecular weight excluding hydrogens is 1080 g/mol. The molecule has 0 bridgehead atoms. The highest BCUT2D eigenvalue weighted by molar-refractivity contribution is 7.47. The standard InChI is InChI=1S/C77H139N2O6P/c1-6-8-10-12-14-16-18-20-22-24-26-28-30-32-34-35-36-37-38-39-40-41-42-43-45-47-49-51-53-55-57-59-61-63-65-67-69-71-77(81)78-75(74-85-86(82,83)84-73-72-79(3,4)5)76(80)70-68-66-64-62-60-58-56-54-52-50-48-46-44-33-31-29-27-25-23-21-19-17-15-13-11-9-7-2/h8,10,14,16,20,22,26,28,32,34,36-37,39-40,42-43,68,70,75-76,80H,6-7,9,11-13,15,17-19,21,23-25,27,29-31,33,35,38,41,44-67,69,71-74H2,1-5H3,(H-,78,81,82,83)/p+1/b10-8-,16-14-,22-20-,28-26-,34-32-,37-36-,40-39-,43-42-,70-68+. The lowest BCUT2D eigenvalue weighted by Crippen LogP contribution is -2.45. The van der Waals surface area contributed by atoms with Crippen LogP contribution < -0.4 is 5.32 Å². The van der Waals surface area contributed by atoms with E-state index in [0.29, 0.717) is 17.4 Å². The minimum atomic E-state index is -4.36. The Hall–Kier alpha value is -2.84. The van der Waals surface area contributed by atoms with Crippen LogP contribution in [-0.2, 0) is 18.4 Å². The minimum absolute atomic E-state index is 0.0577. The van der Waals surface area contributed by atoms with Gasteiger partial charge in [0.2, 0.25) is 5.91 Å². The summed E-state index contributed by atoms with van der Waals surface area (Å²) in [5.41, 5.74) is 0. The number of unbranched alkanes of at least 4 members (excludes halogenated alkanes) is 37. The number of carbonyl (C=O) groups is 1. The zero-order valence-corrected chi connectivity index (χ0v) is 57.9. The zero-order chi connectivity index (χ0) is 62.6. The van der Waals surface area contributed by atoms with Gasteiger partial charge in [0.1, 0.15) is 13.2 Å². The van der Waals surface area contributed by atoms with E-state index in [9.17, 15) is 19.4 Å². The molecule has 0 aliphatic heterocycles. The number of phosphoric acid groups is 1. The van der Waals surface area contributed by atoms with Crippen molar-refractivity contribution in [3.05, 3.63) is 109 Å². The first kappa shape index (κ1) is 83.2. The maximum atomic E-state index is 13.1. The van der Waals surface area contributed by atoms with Gasteiger partial charge in [-0.15, -0.1) is 0 Å². The van der Waals surface area contributed by atoms with E-state index in [0.717, 1.165) is 89.9 Å². The molecule has 0 rings (SSSR count). The van der Waals surface area contributed by atoms with Crippen LogP contribution in [-0.4, -0.2) is 73.4 Å². The van der Waals surface area contributed by atoms with Gasteiger partial charge in [-0.1, -0.05) is 342 Å². The molecule has 0 saturated heterocycles. The molecule has 0 aromatic carbocycles. The Morgan fingerprint density at radius 2 is 0.698 bits per heavy atom. The highest BCUT2D eigenvalue weighted by Gasteiger charge is 2.28. The number of hydrogen-bond acceptors (Lipinski definition) is 5. The van der Waals surface area contributed by atoms with Gasteiger partial charge in [-0.25, -0.2) is 4.57 Å². The van der Waals surface area contributed by atoms with Crippen molar-refractivity contribution in [1.29, 1.82) is 0 Å². The number of rotatable bonds is 66. The van der Waals surface area contributed by atoms with Crippen LogP contribution in [0, 0.1) is 0 Å². The Bertz CT molecular complexity index is 1770. The van der Waals surface area contributed by atoms with Gasteiger partial charge in [0.05, 0.1) is 39.9 Å². The number of phosphoric ester groups is 1. The van der Waals surface area contributed by atoms with Gasteiger partial charge in [-0.3, -0.25) is 13.8 Å². The van der Waals surface area contributed by atoms with E-state index in [4.69, 9.17) is 9.05 Å². The summed E-state index contributed by atoms with van der Waals surface area (Å²) < 4.78 is 23.8. The number of nitrogens with one attached hydrogen (secondary N) is 1. The number of quaternary nitrogens is 1. The Morgan fingerprint density at radius 1 is 0.407 bits per heavy atom. The molecule has 0 radical (unpaired) electrons. The topological polar surface area (TPSA) is 105 Å². The van der Waals surface area contributed by atoms with Crippen molar-refractivity contribution in [2.24, 2.45) is 0 Å². The van der Waals surface area contributed by atoms with Crippen LogP contribution in [0.1, 0.15) is 322 Å². The summed E-state index contributed by atoms with van der Waals surface area (Å²) in [4.78, 5) is 23.4. The van der Waals surface area contributed by atoms with Gasteiger partial charge in [-0.05, 0) is 83.5 Å². The van der Waals surface area contributed by atoms with Crippen LogP contribution >= 0.6 is 7.82 Å². The smallest absolute Gasteiger partial charge is 0.387 e. The Morgan fingerprint density at radius 3 is 1.02 bits per heavy atom. The van der Waals surface area contributed by atoms with Crippen LogP contribution in [0.2, 0.25) is 0 Å². The summed E-state index contributed by atoms with van der Waals surface area (Å²) in [6.07, 6.45) is 98.1. The van der Waals surface area contributed by atoms with Crippen LogP contribution in [0.15, 0.2) is 109 Å². The van der Waals surface area contributed by atoms with E-state index in [1.807, 2.05) is 27.2 Å². The summed E-state index contributed by atoms with van der Waals surface area (Å²) >= 11 is 0. The van der Waals surface area contributed by atoms with Crippen LogP contribution in [0.25, 0.3) is 0 Å². The Balaban J connectivity index is 4.09. The number of aliphatic hydroxyl groups excluding tert-OH is 1. The number of hydrogen-bond donors (Lipinski definition) is 3. The van der Waals surface area contributed by atoms with Crippen molar-refractivity contribution in [2.75, 3.05) is 40.9 Å². The monoisotopic (exact) mass is 1220 g/mol. The third-order valence-electron chi connectivity index (χ3n) is 16.0. The van der Waals surface area contributed by atoms with Gasteiger partial charge in [-0.2, -0.15) is 0 Å². The average Bonchev–Trinajstić information content (AvgIpc) is 3.70. The van der Waals surface area contributed by atoms with E-state index >= 15 is 0 Å². The minimum Gasteiger partial charge on any atom is -0.387 e. The molecule has 0 fully saturated rings. The van der Waals surface area contributed by atoms with Crippen molar-refractivity contribution in [1.82, 2.24) is 5.32 Å². The molecule has 3 N–H and O–H groups in total. The third kappa shape index (κ3) is 68.6. The second-order valence-electron chi connectivity index (χ2n) is 25.6. The van der Waals surface area contributed by atoms with Crippen molar-refractivity contribution < 1.29 is 32.9 Å². The first-order valence-corrected chi connectivity index (χ1v) is 37.8. The lowest BCUT2D eigenvalue weighted by Gasteiger charge is -2.25. The fourth-order valence-electron chi connectivity index (χ4n) is 10.4. The van der Waals surface area contributed by atoms with E-state index in [-0.39, 0.29) is 19.1 Å². The molecule has 0 aliphatic carbocycles. The molecule has 498 valence electrons. The Labute approximate surface area is 533 Å². The van der Waals surface area contributed by atoms with Gasteiger partial charge >= 0.3 is 7.82 Å². The largest absolute Gasteiger partial charge is 0.472 e. The molecule has 0 heterocycles. The molecule has 86 heavy (non-hydrogen) atoms. The molecule has 0 saturated carbocycles. The first-order chi connectivity index (χ1) is 42.0. The summed E-state index contributed by atoms with van der Waals surface area (Å²) in [7, 11) is 1.57. The van der Waals surface area contributed by atoms with E-state index in [2.05, 4.69) is 116 Å². The molecule has 0 aromatic heterocycles. The number of carbonyl (C=O) groups excluding carboxylic acids is 1. The first-order valence-electron chi connectivity index (χ1n) is 36.3. The highest BCUT2D eigenvalue weighted by Crippen LogP contribution is 2.43. The second-order valence-corrected chi connectivity index (χ2v) is 27.0. The fourth-order valence-corrected chi connectivity index (χ4v) is 11.2. The number of allylic oxidation sites excluding steroid dienone is 17. The number of amides is 1. The van der Waals surface area contributed by atoms with Gasteiger partial charge < -0.3 is 19.8 Å². The third-order valence-corrected chi connectivity index (χ3v) is 17.0. The van der Waals surface area contributed by atoms with Gasteiger partial charge in [0.25, 0.3) is 0 Å². The quantitative estimate of drug-likeness (QED) is 0.0243. The Kier molecular flexibility index (Phi) is 64.4. The molecule has 0 spiro atoms. The maximum Gasteiger partial charge on any atom is 0.472 e. The normalized spacial score (nSPS) is 14.3. The highest BCUT2D eigenvalue weighted by atomic mass is 31.2. The lowest BCUT2D eigenvalue weighted by molar-refractivity contribution is -0.870. The van der Waals surface area contributed by atoms with Crippen molar-refractivity contribution >= 4 is 13.7 Å². The number of likely N-dealkylation sites (N-methyl/N-ethyl adjacent to an activating group) is 1. The van der Waals surface area contributed by atoms with E-state index in [1.54, 1.807) is 6.08 Å². The van der Waals surface area contributed by atoms with Crippen LogP contribution in [0.3, 0.4) is 0 Å². The van der Waals surface area contributed by atoms with Crippen molar-refractivity contribution in [2.45, 2.75) is 334 Å². The molecule has 0 aromatic rings. The van der Waals surface area contributed by atoms with Gasteiger partial charge in [0, 0.05) is 6.42 Å². The maximum absolute atomic E-state index is 13.1. The zero-order valence-electron chi connectivity index (χ0n) is 57.0. The molecule has 9 heteroatoms. The number of aliphatic hydroxyl groups is 1. The van der Waals surface area contributed by atoms with E-state index in [1.165, 1.54) is 212 Å². The molecular formula is C77H140N2O6P+. The molecule has 3 atom stereocenters. The summed E-state index contributed by atoms with van der Waals surface area (Å²) in [5.74, 6) is -0.179. The average molecular weight is 1220 g/mol. The van der Waals surface area contributed by atoms with Crippen LogP contribution in [0.4, 0.5) is 0 Å². The molecule has 8 nitrogen and oxygen atoms in total. The summed E-state index contributed by atoms with van der Waals surface area (Å²) in [5, 5.41) is 14.0. The summed E-state index contributed by atoms with van der Waals surface area (Å²) in [6, 6.07) is -0.856. The number of nitrogens with zero attached hydrogens (tertiary/aromatic N) is 1. The molecule has 3 unspecified atom stereocenters. The second kappa shape index (κ2) is 66.6. The van der Waals surface area contributed by atoms with Crippen LogP contribution in [0.5, 0.6) is 0 Å².